The quantitative estimate of drug-likeness (QED) is 0.275. The van der Waals surface area contributed by atoms with Crippen molar-refractivity contribution >= 4 is 72.3 Å². The van der Waals surface area contributed by atoms with Gasteiger partial charge in [-0.25, -0.2) is 13.7 Å². The van der Waals surface area contributed by atoms with Gasteiger partial charge in [-0.1, -0.05) is 0 Å². The van der Waals surface area contributed by atoms with E-state index in [9.17, 15) is 13.7 Å². The summed E-state index contributed by atoms with van der Waals surface area (Å²) in [5, 5.41) is 0. The van der Waals surface area contributed by atoms with Gasteiger partial charge in [-0.05, 0) is 0 Å². The molecule has 0 aliphatic carbocycles. The van der Waals surface area contributed by atoms with E-state index in [1.165, 1.54) is 0 Å². The van der Waals surface area contributed by atoms with Gasteiger partial charge in [0.05, 0.1) is 0 Å². The number of hydrogen-bond acceptors (Lipinski definition) is 5. The van der Waals surface area contributed by atoms with Gasteiger partial charge in [-0.2, -0.15) is 8.62 Å². The standard InChI is InChI=1S/Ba.H5O10P3.2H/c;1-11(2,3)9-13(7,8)10-12(4,5)6;;/h;(H,7,8)(H2,1,2,3)(H2,4,5,6);;. The van der Waals surface area contributed by atoms with Crippen LogP contribution in [0.25, 0.3) is 0 Å². The van der Waals surface area contributed by atoms with E-state index in [1.807, 2.05) is 0 Å². The molecule has 14 heavy (non-hydrogen) atoms. The first-order chi connectivity index (χ1) is 5.41. The van der Waals surface area contributed by atoms with Crippen LogP contribution in [-0.2, 0) is 22.3 Å². The van der Waals surface area contributed by atoms with Crippen LogP contribution in [0, 0.1) is 0 Å². The Morgan fingerprint density at radius 2 is 0.929 bits per heavy atom. The van der Waals surface area contributed by atoms with Crippen molar-refractivity contribution in [2.45, 2.75) is 0 Å². The van der Waals surface area contributed by atoms with Crippen molar-refractivity contribution < 1.29 is 46.8 Å². The summed E-state index contributed by atoms with van der Waals surface area (Å²) in [7, 11) is -16.2. The fourth-order valence-corrected chi connectivity index (χ4v) is 2.82. The molecule has 0 aromatic carbocycles. The molecule has 0 radical (unpaired) electrons. The van der Waals surface area contributed by atoms with Crippen LogP contribution >= 0.6 is 23.5 Å². The molecule has 0 aromatic heterocycles. The molecule has 0 saturated heterocycles. The summed E-state index contributed by atoms with van der Waals surface area (Å²) in [6.45, 7) is 0. The molecule has 0 aliphatic heterocycles. The van der Waals surface area contributed by atoms with Gasteiger partial charge in [0.1, 0.15) is 0 Å². The molecule has 84 valence electrons. The summed E-state index contributed by atoms with van der Waals surface area (Å²) < 4.78 is 36.4. The molecule has 14 heteroatoms. The normalized spacial score (nSPS) is 13.5. The molecule has 0 spiro atoms. The average Bonchev–Trinajstić information content (AvgIpc) is 1.43. The van der Waals surface area contributed by atoms with E-state index in [0.29, 0.717) is 0 Å². The van der Waals surface area contributed by atoms with Crippen LogP contribution in [0.2, 0.25) is 0 Å². The van der Waals surface area contributed by atoms with E-state index in [2.05, 4.69) is 8.62 Å². The molecule has 0 aliphatic rings. The van der Waals surface area contributed by atoms with Crippen molar-refractivity contribution in [1.82, 2.24) is 0 Å². The minimum absolute atomic E-state index is 0. The molecule has 0 bridgehead atoms. The molecule has 0 heterocycles. The SMILES string of the molecule is O=P(O)(O)OP(=O)(O)OP(=O)(O)O.[BaH2]. The Kier molecular flexibility index (Phi) is 7.94. The van der Waals surface area contributed by atoms with E-state index >= 15 is 0 Å². The Labute approximate surface area is 118 Å². The number of rotatable bonds is 4. The average molecular weight is 397 g/mol. The summed E-state index contributed by atoms with van der Waals surface area (Å²) in [5.74, 6) is 0. The molecule has 0 saturated carbocycles. The van der Waals surface area contributed by atoms with Crippen molar-refractivity contribution in [3.63, 3.8) is 0 Å². The zero-order valence-corrected chi connectivity index (χ0v) is 8.30. The van der Waals surface area contributed by atoms with Gasteiger partial charge in [0.2, 0.25) is 0 Å². The summed E-state index contributed by atoms with van der Waals surface area (Å²) >= 11 is 0. The van der Waals surface area contributed by atoms with E-state index in [4.69, 9.17) is 24.5 Å². The second kappa shape index (κ2) is 6.06. The maximum absolute atomic E-state index is 10.4. The molecular formula is H7BaO10P3. The van der Waals surface area contributed by atoms with Crippen LogP contribution in [-0.4, -0.2) is 73.3 Å². The van der Waals surface area contributed by atoms with Gasteiger partial charge in [0.15, 0.2) is 0 Å². The summed E-state index contributed by atoms with van der Waals surface area (Å²) in [5.41, 5.74) is 0. The predicted molar refractivity (Wildman–Crippen MR) is 44.6 cm³/mol. The zero-order valence-electron chi connectivity index (χ0n) is 5.62. The van der Waals surface area contributed by atoms with Crippen LogP contribution in [0.5, 0.6) is 0 Å². The molecule has 0 rings (SSSR count). The van der Waals surface area contributed by atoms with Gasteiger partial charge in [0, 0.05) is 0 Å². The van der Waals surface area contributed by atoms with E-state index in [-0.39, 0.29) is 48.9 Å². The van der Waals surface area contributed by atoms with Gasteiger partial charge in [-0.3, -0.25) is 0 Å². The second-order valence-corrected chi connectivity index (χ2v) is 5.82. The van der Waals surface area contributed by atoms with Crippen LogP contribution in [0.1, 0.15) is 0 Å². The van der Waals surface area contributed by atoms with Crippen LogP contribution in [0.15, 0.2) is 0 Å². The first kappa shape index (κ1) is 18.3. The summed E-state index contributed by atoms with van der Waals surface area (Å²) in [6, 6.07) is 0. The number of hydrogen-bond donors (Lipinski definition) is 5. The van der Waals surface area contributed by atoms with Gasteiger partial charge < -0.3 is 24.5 Å². The van der Waals surface area contributed by atoms with Crippen LogP contribution in [0.4, 0.5) is 0 Å². The first-order valence-electron chi connectivity index (χ1n) is 2.28. The van der Waals surface area contributed by atoms with Gasteiger partial charge >= 0.3 is 72.3 Å². The third-order valence-corrected chi connectivity index (χ3v) is 3.77. The predicted octanol–water partition coefficient (Wildman–Crippen LogP) is -1.61. The summed E-state index contributed by atoms with van der Waals surface area (Å²) in [4.78, 5) is 40.2. The van der Waals surface area contributed by atoms with E-state index < -0.39 is 23.5 Å². The van der Waals surface area contributed by atoms with Gasteiger partial charge in [0.25, 0.3) is 0 Å². The maximum atomic E-state index is 10.4. The molecule has 0 atom stereocenters. The van der Waals surface area contributed by atoms with Crippen molar-refractivity contribution in [3.05, 3.63) is 0 Å². The third-order valence-electron chi connectivity index (χ3n) is 0.419. The Morgan fingerprint density at radius 1 is 0.714 bits per heavy atom. The molecular weight excluding hydrogens is 390 g/mol. The van der Waals surface area contributed by atoms with Crippen molar-refractivity contribution in [3.8, 4) is 0 Å². The molecule has 0 unspecified atom stereocenters. The van der Waals surface area contributed by atoms with Crippen molar-refractivity contribution in [2.24, 2.45) is 0 Å². The fourth-order valence-electron chi connectivity index (χ4n) is 0.284. The van der Waals surface area contributed by atoms with Gasteiger partial charge in [-0.15, -0.1) is 0 Å². The second-order valence-electron chi connectivity index (χ2n) is 1.61. The Hall–Kier alpha value is 1.98. The third kappa shape index (κ3) is 12.1. The monoisotopic (exact) mass is 398 g/mol. The Balaban J connectivity index is 0. The van der Waals surface area contributed by atoms with Crippen molar-refractivity contribution in [2.75, 3.05) is 0 Å². The topological polar surface area (TPSA) is 171 Å². The van der Waals surface area contributed by atoms with Crippen LogP contribution in [0.3, 0.4) is 0 Å². The number of phosphoric acid groups is 3. The molecule has 5 N–H and O–H groups in total. The molecule has 10 nitrogen and oxygen atoms in total. The van der Waals surface area contributed by atoms with Crippen LogP contribution < -0.4 is 0 Å². The zero-order chi connectivity index (χ0) is 10.9. The van der Waals surface area contributed by atoms with Crippen molar-refractivity contribution in [1.29, 1.82) is 0 Å². The Bertz CT molecular complexity index is 277. The first-order valence-corrected chi connectivity index (χ1v) is 6.83. The minimum atomic E-state index is -5.46. The van der Waals surface area contributed by atoms with E-state index in [1.54, 1.807) is 0 Å². The fraction of sp³-hybridized carbons (Fsp3) is 0. The van der Waals surface area contributed by atoms with E-state index in [0.717, 1.165) is 0 Å². The molecule has 0 fully saturated rings. The molecule has 0 amide bonds. The summed E-state index contributed by atoms with van der Waals surface area (Å²) in [6.07, 6.45) is 0. The Morgan fingerprint density at radius 3 is 1.07 bits per heavy atom. The molecule has 0 aromatic rings.